The van der Waals surface area contributed by atoms with Gasteiger partial charge in [-0.3, -0.25) is 4.79 Å². The molecular weight excluding hydrogens is 200 g/mol. The van der Waals surface area contributed by atoms with E-state index in [9.17, 15) is 9.90 Å². The lowest BCUT2D eigenvalue weighted by Gasteiger charge is -2.49. The molecule has 0 amide bonds. The number of aliphatic carboxylic acids is 1. The lowest BCUT2D eigenvalue weighted by atomic mass is 9.55. The average molecular weight is 224 g/mol. The van der Waals surface area contributed by atoms with Gasteiger partial charge in [-0.15, -0.1) is 0 Å². The van der Waals surface area contributed by atoms with Crippen LogP contribution in [0.15, 0.2) is 0 Å². The highest BCUT2D eigenvalue weighted by Gasteiger charge is 2.47. The Morgan fingerprint density at radius 2 is 1.81 bits per heavy atom. The summed E-state index contributed by atoms with van der Waals surface area (Å²) in [6.07, 6.45) is 7.99. The van der Waals surface area contributed by atoms with Crippen molar-refractivity contribution in [2.45, 2.75) is 58.8 Å². The number of carboxylic acids is 1. The average Bonchev–Trinajstić information content (AvgIpc) is 2.15. The molecule has 1 spiro atoms. The van der Waals surface area contributed by atoms with E-state index in [0.29, 0.717) is 11.8 Å². The Labute approximate surface area is 98.4 Å². The topological polar surface area (TPSA) is 37.3 Å². The molecule has 2 aliphatic carbocycles. The van der Waals surface area contributed by atoms with Gasteiger partial charge in [-0.25, -0.2) is 0 Å². The SMILES string of the molecule is CC1CC(C)CC2(CCCCC2C(=O)O)C1. The second kappa shape index (κ2) is 4.38. The van der Waals surface area contributed by atoms with Gasteiger partial charge in [-0.05, 0) is 49.4 Å². The third-order valence-electron chi connectivity index (χ3n) is 4.77. The molecule has 0 aliphatic heterocycles. The normalized spacial score (nSPS) is 44.5. The van der Waals surface area contributed by atoms with Crippen molar-refractivity contribution in [2.24, 2.45) is 23.2 Å². The van der Waals surface area contributed by atoms with Gasteiger partial charge < -0.3 is 5.11 Å². The van der Waals surface area contributed by atoms with Crippen LogP contribution in [0.1, 0.15) is 58.8 Å². The quantitative estimate of drug-likeness (QED) is 0.737. The number of rotatable bonds is 1. The maximum absolute atomic E-state index is 11.4. The molecule has 0 saturated heterocycles. The number of carboxylic acid groups (broad SMARTS) is 1. The van der Waals surface area contributed by atoms with Gasteiger partial charge in [0.15, 0.2) is 0 Å². The third kappa shape index (κ3) is 2.11. The van der Waals surface area contributed by atoms with Gasteiger partial charge in [-0.1, -0.05) is 26.7 Å². The maximum atomic E-state index is 11.4. The van der Waals surface area contributed by atoms with E-state index in [-0.39, 0.29) is 11.3 Å². The number of carbonyl (C=O) groups is 1. The van der Waals surface area contributed by atoms with Crippen molar-refractivity contribution in [3.63, 3.8) is 0 Å². The van der Waals surface area contributed by atoms with Crippen LogP contribution < -0.4 is 0 Å². The Morgan fingerprint density at radius 3 is 2.38 bits per heavy atom. The molecule has 0 bridgehead atoms. The highest BCUT2D eigenvalue weighted by atomic mass is 16.4. The first-order valence-corrected chi connectivity index (χ1v) is 6.76. The fourth-order valence-corrected chi connectivity index (χ4v) is 4.50. The fraction of sp³-hybridized carbons (Fsp3) is 0.929. The van der Waals surface area contributed by atoms with Crippen molar-refractivity contribution in [1.82, 2.24) is 0 Å². The van der Waals surface area contributed by atoms with Crippen LogP contribution in [0.3, 0.4) is 0 Å². The molecule has 0 aromatic rings. The molecule has 2 fully saturated rings. The second-order valence-corrected chi connectivity index (χ2v) is 6.35. The van der Waals surface area contributed by atoms with Crippen LogP contribution in [-0.2, 0) is 4.79 Å². The van der Waals surface area contributed by atoms with Crippen molar-refractivity contribution in [2.75, 3.05) is 0 Å². The van der Waals surface area contributed by atoms with Crippen LogP contribution >= 0.6 is 0 Å². The molecule has 2 aliphatic rings. The van der Waals surface area contributed by atoms with Crippen LogP contribution in [0.2, 0.25) is 0 Å². The molecule has 0 heterocycles. The summed E-state index contributed by atoms with van der Waals surface area (Å²) in [6.45, 7) is 4.59. The maximum Gasteiger partial charge on any atom is 0.307 e. The minimum Gasteiger partial charge on any atom is -0.481 e. The molecule has 3 unspecified atom stereocenters. The van der Waals surface area contributed by atoms with E-state index in [1.165, 1.54) is 12.8 Å². The summed E-state index contributed by atoms with van der Waals surface area (Å²) in [5.41, 5.74) is 0.140. The van der Waals surface area contributed by atoms with E-state index in [1.54, 1.807) is 0 Å². The van der Waals surface area contributed by atoms with Gasteiger partial charge in [0.1, 0.15) is 0 Å². The van der Waals surface area contributed by atoms with Crippen LogP contribution in [-0.4, -0.2) is 11.1 Å². The van der Waals surface area contributed by atoms with Crippen LogP contribution in [0.5, 0.6) is 0 Å². The van der Waals surface area contributed by atoms with E-state index in [1.807, 2.05) is 0 Å². The predicted octanol–water partition coefficient (Wildman–Crippen LogP) is 3.70. The molecule has 0 aromatic carbocycles. The summed E-state index contributed by atoms with van der Waals surface area (Å²) in [4.78, 5) is 11.4. The lowest BCUT2D eigenvalue weighted by Crippen LogP contribution is -2.43. The molecule has 2 saturated carbocycles. The first-order valence-electron chi connectivity index (χ1n) is 6.76. The molecular formula is C14H24O2. The number of hydrogen-bond acceptors (Lipinski definition) is 1. The van der Waals surface area contributed by atoms with Gasteiger partial charge in [0.2, 0.25) is 0 Å². The molecule has 92 valence electrons. The van der Waals surface area contributed by atoms with E-state index < -0.39 is 5.97 Å². The van der Waals surface area contributed by atoms with E-state index in [4.69, 9.17) is 0 Å². The first-order chi connectivity index (χ1) is 7.53. The smallest absolute Gasteiger partial charge is 0.307 e. The summed E-state index contributed by atoms with van der Waals surface area (Å²) in [5, 5.41) is 9.43. The third-order valence-corrected chi connectivity index (χ3v) is 4.77. The summed E-state index contributed by atoms with van der Waals surface area (Å²) in [6, 6.07) is 0. The minimum atomic E-state index is -0.541. The van der Waals surface area contributed by atoms with Gasteiger partial charge >= 0.3 is 5.97 Å². The Morgan fingerprint density at radius 1 is 1.19 bits per heavy atom. The summed E-state index contributed by atoms with van der Waals surface area (Å²) < 4.78 is 0. The Kier molecular flexibility index (Phi) is 3.27. The Hall–Kier alpha value is -0.530. The Balaban J connectivity index is 2.21. The number of hydrogen-bond donors (Lipinski definition) is 1. The Bertz CT molecular complexity index is 262. The van der Waals surface area contributed by atoms with Gasteiger partial charge in [0.05, 0.1) is 5.92 Å². The molecule has 2 nitrogen and oxygen atoms in total. The zero-order valence-electron chi connectivity index (χ0n) is 10.5. The molecule has 2 heteroatoms. The zero-order chi connectivity index (χ0) is 11.8. The summed E-state index contributed by atoms with van der Waals surface area (Å²) in [7, 11) is 0. The van der Waals surface area contributed by atoms with E-state index in [2.05, 4.69) is 13.8 Å². The van der Waals surface area contributed by atoms with Gasteiger partial charge in [0.25, 0.3) is 0 Å². The van der Waals surface area contributed by atoms with Crippen LogP contribution in [0, 0.1) is 23.2 Å². The molecule has 1 N–H and O–H groups in total. The van der Waals surface area contributed by atoms with E-state index >= 15 is 0 Å². The molecule has 3 atom stereocenters. The summed E-state index contributed by atoms with van der Waals surface area (Å²) >= 11 is 0. The molecule has 0 aromatic heterocycles. The largest absolute Gasteiger partial charge is 0.481 e. The molecule has 16 heavy (non-hydrogen) atoms. The first kappa shape index (κ1) is 11.9. The molecule has 2 rings (SSSR count). The van der Waals surface area contributed by atoms with Crippen molar-refractivity contribution in [1.29, 1.82) is 0 Å². The zero-order valence-corrected chi connectivity index (χ0v) is 10.5. The van der Waals surface area contributed by atoms with Crippen LogP contribution in [0.4, 0.5) is 0 Å². The van der Waals surface area contributed by atoms with E-state index in [0.717, 1.165) is 32.1 Å². The molecule has 0 radical (unpaired) electrons. The predicted molar refractivity (Wildman–Crippen MR) is 64.2 cm³/mol. The lowest BCUT2D eigenvalue weighted by molar-refractivity contribution is -0.152. The van der Waals surface area contributed by atoms with Crippen LogP contribution in [0.25, 0.3) is 0 Å². The minimum absolute atomic E-state index is 0.0635. The van der Waals surface area contributed by atoms with Crippen molar-refractivity contribution in [3.8, 4) is 0 Å². The standard InChI is InChI=1S/C14H24O2/c1-10-7-11(2)9-14(8-10)6-4-3-5-12(14)13(15)16/h10-12H,3-9H2,1-2H3,(H,15,16). The highest BCUT2D eigenvalue weighted by molar-refractivity contribution is 5.71. The summed E-state index contributed by atoms with van der Waals surface area (Å²) in [5.74, 6) is 0.819. The second-order valence-electron chi connectivity index (χ2n) is 6.35. The van der Waals surface area contributed by atoms with Gasteiger partial charge in [-0.2, -0.15) is 0 Å². The van der Waals surface area contributed by atoms with Crippen molar-refractivity contribution >= 4 is 5.97 Å². The van der Waals surface area contributed by atoms with Crippen molar-refractivity contribution < 1.29 is 9.90 Å². The fourth-order valence-electron chi connectivity index (χ4n) is 4.50. The van der Waals surface area contributed by atoms with Gasteiger partial charge in [0, 0.05) is 0 Å². The highest BCUT2D eigenvalue weighted by Crippen LogP contribution is 2.54. The monoisotopic (exact) mass is 224 g/mol. The van der Waals surface area contributed by atoms with Crippen molar-refractivity contribution in [3.05, 3.63) is 0 Å².